The summed E-state index contributed by atoms with van der Waals surface area (Å²) >= 11 is 0. The van der Waals surface area contributed by atoms with E-state index in [1.54, 1.807) is 0 Å². The van der Waals surface area contributed by atoms with E-state index in [9.17, 15) is 0 Å². The number of hydrogen-bond acceptors (Lipinski definition) is 2. The van der Waals surface area contributed by atoms with Crippen molar-refractivity contribution >= 4 is 0 Å². The first kappa shape index (κ1) is 10.1. The van der Waals surface area contributed by atoms with Crippen LogP contribution in [0.25, 0.3) is 0 Å². The summed E-state index contributed by atoms with van der Waals surface area (Å²) in [5.74, 6) is 5.95. The fourth-order valence-corrected chi connectivity index (χ4v) is 4.66. The van der Waals surface area contributed by atoms with Gasteiger partial charge in [0, 0.05) is 11.5 Å². The Bertz CT molecular complexity index is 440. The van der Waals surface area contributed by atoms with Crippen molar-refractivity contribution in [1.82, 2.24) is 14.8 Å². The maximum absolute atomic E-state index is 4.44. The zero-order chi connectivity index (χ0) is 11.8. The normalized spacial score (nSPS) is 42.9. The molecule has 0 saturated heterocycles. The highest BCUT2D eigenvalue weighted by molar-refractivity contribution is 5.24. The predicted octanol–water partition coefficient (Wildman–Crippen LogP) is 2.79. The molecule has 17 heavy (non-hydrogen) atoms. The highest BCUT2D eigenvalue weighted by atomic mass is 15.3. The van der Waals surface area contributed by atoms with Crippen LogP contribution in [0.3, 0.4) is 0 Å². The molecule has 4 rings (SSSR count). The zero-order valence-electron chi connectivity index (χ0n) is 10.9. The Hall–Kier alpha value is -0.860. The lowest BCUT2D eigenvalue weighted by Gasteiger charge is -2.23. The highest BCUT2D eigenvalue weighted by Crippen LogP contribution is 2.72. The molecule has 0 spiro atoms. The fourth-order valence-electron chi connectivity index (χ4n) is 4.66. The van der Waals surface area contributed by atoms with Crippen molar-refractivity contribution in [3.63, 3.8) is 0 Å². The van der Waals surface area contributed by atoms with Crippen LogP contribution in [0.2, 0.25) is 0 Å². The molecular weight excluding hydrogens is 210 g/mol. The van der Waals surface area contributed by atoms with E-state index in [0.717, 1.165) is 29.6 Å². The van der Waals surface area contributed by atoms with Gasteiger partial charge >= 0.3 is 0 Å². The van der Waals surface area contributed by atoms with Gasteiger partial charge in [0.15, 0.2) is 0 Å². The van der Waals surface area contributed by atoms with Crippen molar-refractivity contribution in [3.05, 3.63) is 12.2 Å². The predicted molar refractivity (Wildman–Crippen MR) is 65.6 cm³/mol. The lowest BCUT2D eigenvalue weighted by atomic mass is 10.0. The molecule has 2 bridgehead atoms. The van der Waals surface area contributed by atoms with Gasteiger partial charge in [0.25, 0.3) is 0 Å². The molecule has 0 amide bonds. The SMILES string of the molecule is CC(C)(C)n1cnnc1C1C2C3CCC(C3)C12. The first-order valence-corrected chi connectivity index (χ1v) is 6.98. The Morgan fingerprint density at radius 3 is 2.41 bits per heavy atom. The molecule has 0 aromatic carbocycles. The lowest BCUT2D eigenvalue weighted by Crippen LogP contribution is -2.23. The second kappa shape index (κ2) is 2.93. The van der Waals surface area contributed by atoms with Gasteiger partial charge in [-0.15, -0.1) is 10.2 Å². The molecule has 0 N–H and O–H groups in total. The maximum atomic E-state index is 4.44. The minimum atomic E-state index is 0.120. The van der Waals surface area contributed by atoms with Gasteiger partial charge in [0.1, 0.15) is 12.2 Å². The molecule has 3 aliphatic rings. The summed E-state index contributed by atoms with van der Waals surface area (Å²) in [6.07, 6.45) is 6.39. The molecule has 4 unspecified atom stereocenters. The minimum absolute atomic E-state index is 0.120. The maximum Gasteiger partial charge on any atom is 0.137 e. The molecule has 1 heterocycles. The monoisotopic (exact) mass is 231 g/mol. The van der Waals surface area contributed by atoms with Crippen LogP contribution < -0.4 is 0 Å². The summed E-state index contributed by atoms with van der Waals surface area (Å²) in [5.41, 5.74) is 0.120. The van der Waals surface area contributed by atoms with E-state index in [1.165, 1.54) is 25.1 Å². The van der Waals surface area contributed by atoms with Crippen LogP contribution in [0.4, 0.5) is 0 Å². The summed E-state index contributed by atoms with van der Waals surface area (Å²) in [6.45, 7) is 6.73. The fraction of sp³-hybridized carbons (Fsp3) is 0.857. The molecule has 3 saturated carbocycles. The summed E-state index contributed by atoms with van der Waals surface area (Å²) in [6, 6.07) is 0. The van der Waals surface area contributed by atoms with Gasteiger partial charge in [-0.25, -0.2) is 0 Å². The van der Waals surface area contributed by atoms with E-state index in [1.807, 2.05) is 6.33 Å². The summed E-state index contributed by atoms with van der Waals surface area (Å²) in [4.78, 5) is 0. The van der Waals surface area contributed by atoms with Gasteiger partial charge < -0.3 is 4.57 Å². The molecule has 0 aliphatic heterocycles. The molecule has 1 aromatic rings. The Labute approximate surface area is 103 Å². The van der Waals surface area contributed by atoms with Gasteiger partial charge in [0.05, 0.1) is 0 Å². The first-order valence-electron chi connectivity index (χ1n) is 6.98. The number of rotatable bonds is 1. The number of fused-ring (bicyclic) bond motifs is 5. The lowest BCUT2D eigenvalue weighted by molar-refractivity contribution is 0.371. The first-order chi connectivity index (χ1) is 8.07. The molecule has 92 valence electrons. The standard InChI is InChI=1S/C14H21N3/c1-14(2,3)17-7-15-16-13(17)12-10-8-4-5-9(6-8)11(10)12/h7-12H,4-6H2,1-3H3. The van der Waals surface area contributed by atoms with Gasteiger partial charge in [-0.1, -0.05) is 0 Å². The van der Waals surface area contributed by atoms with Crippen molar-refractivity contribution in [3.8, 4) is 0 Å². The zero-order valence-corrected chi connectivity index (χ0v) is 10.9. The van der Waals surface area contributed by atoms with Crippen LogP contribution in [0, 0.1) is 23.7 Å². The molecule has 3 aliphatic carbocycles. The van der Waals surface area contributed by atoms with Crippen LogP contribution in [0.1, 0.15) is 51.8 Å². The molecule has 0 radical (unpaired) electrons. The van der Waals surface area contributed by atoms with Crippen molar-refractivity contribution < 1.29 is 0 Å². The minimum Gasteiger partial charge on any atom is -0.312 e. The Morgan fingerprint density at radius 2 is 1.82 bits per heavy atom. The van der Waals surface area contributed by atoms with Gasteiger partial charge in [-0.3, -0.25) is 0 Å². The number of nitrogens with zero attached hydrogens (tertiary/aromatic N) is 3. The number of hydrogen-bond donors (Lipinski definition) is 0. The second-order valence-electron chi connectivity index (χ2n) is 7.24. The van der Waals surface area contributed by atoms with Crippen LogP contribution in [0.5, 0.6) is 0 Å². The van der Waals surface area contributed by atoms with Crippen molar-refractivity contribution in [2.45, 2.75) is 51.5 Å². The van der Waals surface area contributed by atoms with E-state index in [0.29, 0.717) is 0 Å². The third kappa shape index (κ3) is 1.23. The van der Waals surface area contributed by atoms with Crippen molar-refractivity contribution in [1.29, 1.82) is 0 Å². The van der Waals surface area contributed by atoms with Crippen molar-refractivity contribution in [2.24, 2.45) is 23.7 Å². The molecule has 3 heteroatoms. The summed E-state index contributed by atoms with van der Waals surface area (Å²) in [7, 11) is 0. The van der Waals surface area contributed by atoms with Crippen molar-refractivity contribution in [2.75, 3.05) is 0 Å². The topological polar surface area (TPSA) is 30.7 Å². The largest absolute Gasteiger partial charge is 0.312 e. The van der Waals surface area contributed by atoms with Crippen LogP contribution >= 0.6 is 0 Å². The Morgan fingerprint density at radius 1 is 1.18 bits per heavy atom. The average Bonchev–Trinajstić information content (AvgIpc) is 2.74. The van der Waals surface area contributed by atoms with E-state index < -0.39 is 0 Å². The average molecular weight is 231 g/mol. The Balaban J connectivity index is 1.68. The van der Waals surface area contributed by atoms with E-state index in [-0.39, 0.29) is 5.54 Å². The molecule has 3 nitrogen and oxygen atoms in total. The molecule has 1 aromatic heterocycles. The van der Waals surface area contributed by atoms with E-state index in [2.05, 4.69) is 35.5 Å². The van der Waals surface area contributed by atoms with E-state index >= 15 is 0 Å². The molecule has 3 fully saturated rings. The van der Waals surface area contributed by atoms with E-state index in [4.69, 9.17) is 0 Å². The van der Waals surface area contributed by atoms with Gasteiger partial charge in [0.2, 0.25) is 0 Å². The number of aromatic nitrogens is 3. The van der Waals surface area contributed by atoms with Gasteiger partial charge in [-0.2, -0.15) is 0 Å². The molecular formula is C14H21N3. The quantitative estimate of drug-likeness (QED) is 0.744. The summed E-state index contributed by atoms with van der Waals surface area (Å²) < 4.78 is 2.30. The Kier molecular flexibility index (Phi) is 1.74. The molecule has 4 atom stereocenters. The van der Waals surface area contributed by atoms with Crippen LogP contribution in [0.15, 0.2) is 6.33 Å². The van der Waals surface area contributed by atoms with Gasteiger partial charge in [-0.05, 0) is 63.7 Å². The third-order valence-electron chi connectivity index (χ3n) is 5.33. The second-order valence-corrected chi connectivity index (χ2v) is 7.24. The smallest absolute Gasteiger partial charge is 0.137 e. The van der Waals surface area contributed by atoms with Crippen LogP contribution in [-0.2, 0) is 5.54 Å². The highest BCUT2D eigenvalue weighted by Gasteiger charge is 2.66. The third-order valence-corrected chi connectivity index (χ3v) is 5.33. The summed E-state index contributed by atoms with van der Waals surface area (Å²) in [5, 5.41) is 8.60. The van der Waals surface area contributed by atoms with Crippen LogP contribution in [-0.4, -0.2) is 14.8 Å².